The largest absolute Gasteiger partial charge is 0.308 e. The molecule has 3 nitrogen and oxygen atoms in total. The summed E-state index contributed by atoms with van der Waals surface area (Å²) in [6.07, 6.45) is 3.21. The summed E-state index contributed by atoms with van der Waals surface area (Å²) in [5, 5.41) is 3.54. The lowest BCUT2D eigenvalue weighted by Crippen LogP contribution is -2.30. The number of aromatic nitrogens is 1. The van der Waals surface area contributed by atoms with E-state index in [0.29, 0.717) is 6.04 Å². The molecule has 0 saturated carbocycles. The van der Waals surface area contributed by atoms with Crippen LogP contribution < -0.4 is 5.32 Å². The van der Waals surface area contributed by atoms with Gasteiger partial charge in [-0.05, 0) is 20.0 Å². The minimum absolute atomic E-state index is 0.673. The molecule has 0 unspecified atom stereocenters. The molecule has 0 radical (unpaired) electrons. The predicted octanol–water partition coefficient (Wildman–Crippen LogP) is 0.937. The highest BCUT2D eigenvalue weighted by molar-refractivity contribution is 7.09. The van der Waals surface area contributed by atoms with E-state index in [4.69, 9.17) is 0 Å². The molecule has 4 heteroatoms. The zero-order valence-electron chi connectivity index (χ0n) is 7.86. The number of hydrogen-bond acceptors (Lipinski definition) is 4. The van der Waals surface area contributed by atoms with Gasteiger partial charge in [0.15, 0.2) is 0 Å². The molecule has 1 saturated heterocycles. The maximum Gasteiger partial charge on any atom is 0.0794 e. The van der Waals surface area contributed by atoms with Crippen LogP contribution in [0.5, 0.6) is 0 Å². The maximum atomic E-state index is 4.05. The molecule has 2 rings (SSSR count). The fourth-order valence-electron chi connectivity index (χ4n) is 1.68. The van der Waals surface area contributed by atoms with Gasteiger partial charge in [0, 0.05) is 30.2 Å². The molecule has 1 N–H and O–H groups in total. The van der Waals surface area contributed by atoms with Crippen LogP contribution in [0, 0.1) is 0 Å². The van der Waals surface area contributed by atoms with Crippen molar-refractivity contribution in [1.82, 2.24) is 15.2 Å². The van der Waals surface area contributed by atoms with Gasteiger partial charge >= 0.3 is 0 Å². The quantitative estimate of drug-likeness (QED) is 0.781. The molecular weight excluding hydrogens is 182 g/mol. The third kappa shape index (κ3) is 2.49. The van der Waals surface area contributed by atoms with Crippen LogP contribution in [0.3, 0.4) is 0 Å². The first-order valence-corrected chi connectivity index (χ1v) is 5.52. The SMILES string of the molecule is CN1CC[C@@H](NCc2cncs2)C1. The van der Waals surface area contributed by atoms with Gasteiger partial charge in [-0.3, -0.25) is 4.98 Å². The molecule has 0 amide bonds. The summed E-state index contributed by atoms with van der Waals surface area (Å²) in [5.74, 6) is 0. The van der Waals surface area contributed by atoms with Gasteiger partial charge in [-0.25, -0.2) is 0 Å². The molecule has 2 heterocycles. The molecule has 0 aliphatic carbocycles. The number of likely N-dealkylation sites (tertiary alicyclic amines) is 1. The van der Waals surface area contributed by atoms with Crippen LogP contribution in [-0.4, -0.2) is 36.1 Å². The fourth-order valence-corrected chi connectivity index (χ4v) is 2.22. The summed E-state index contributed by atoms with van der Waals surface area (Å²) < 4.78 is 0. The van der Waals surface area contributed by atoms with Crippen molar-refractivity contribution in [2.75, 3.05) is 20.1 Å². The number of thiazole rings is 1. The van der Waals surface area contributed by atoms with E-state index in [0.717, 1.165) is 6.54 Å². The van der Waals surface area contributed by atoms with E-state index in [1.807, 2.05) is 11.7 Å². The van der Waals surface area contributed by atoms with Gasteiger partial charge in [0.2, 0.25) is 0 Å². The standard InChI is InChI=1S/C9H15N3S/c1-12-3-2-8(6-12)11-5-9-4-10-7-13-9/h4,7-8,11H,2-3,5-6H2,1H3/t8-/m1/s1. The number of rotatable bonds is 3. The lowest BCUT2D eigenvalue weighted by Gasteiger charge is -2.11. The molecule has 1 fully saturated rings. The molecule has 0 bridgehead atoms. The highest BCUT2D eigenvalue weighted by Crippen LogP contribution is 2.09. The Labute approximate surface area is 82.8 Å². The van der Waals surface area contributed by atoms with Crippen molar-refractivity contribution in [3.05, 3.63) is 16.6 Å². The smallest absolute Gasteiger partial charge is 0.0794 e. The van der Waals surface area contributed by atoms with E-state index >= 15 is 0 Å². The van der Waals surface area contributed by atoms with Crippen LogP contribution in [0.1, 0.15) is 11.3 Å². The molecule has 13 heavy (non-hydrogen) atoms. The van der Waals surface area contributed by atoms with Crippen molar-refractivity contribution in [1.29, 1.82) is 0 Å². The monoisotopic (exact) mass is 197 g/mol. The van der Waals surface area contributed by atoms with Crippen molar-refractivity contribution in [3.8, 4) is 0 Å². The summed E-state index contributed by atoms with van der Waals surface area (Å²) in [6.45, 7) is 3.38. The molecule has 1 atom stereocenters. The minimum atomic E-state index is 0.673. The van der Waals surface area contributed by atoms with Crippen LogP contribution in [0.4, 0.5) is 0 Å². The van der Waals surface area contributed by atoms with Crippen LogP contribution >= 0.6 is 11.3 Å². The highest BCUT2D eigenvalue weighted by Gasteiger charge is 2.18. The lowest BCUT2D eigenvalue weighted by molar-refractivity contribution is 0.398. The van der Waals surface area contributed by atoms with E-state index < -0.39 is 0 Å². The van der Waals surface area contributed by atoms with Crippen molar-refractivity contribution in [2.45, 2.75) is 19.0 Å². The Kier molecular flexibility index (Phi) is 2.93. The molecule has 1 aromatic heterocycles. The normalized spacial score (nSPS) is 23.9. The molecule has 72 valence electrons. The van der Waals surface area contributed by atoms with E-state index in [1.165, 1.54) is 24.4 Å². The Hall–Kier alpha value is -0.450. The summed E-state index contributed by atoms with van der Waals surface area (Å²) >= 11 is 1.72. The average molecular weight is 197 g/mol. The summed E-state index contributed by atoms with van der Waals surface area (Å²) in [7, 11) is 2.17. The lowest BCUT2D eigenvalue weighted by atomic mass is 10.2. The van der Waals surface area contributed by atoms with Crippen molar-refractivity contribution < 1.29 is 0 Å². The van der Waals surface area contributed by atoms with E-state index in [-0.39, 0.29) is 0 Å². The van der Waals surface area contributed by atoms with Crippen LogP contribution in [0.15, 0.2) is 11.7 Å². The molecule has 0 spiro atoms. The zero-order valence-corrected chi connectivity index (χ0v) is 8.68. The Morgan fingerprint density at radius 2 is 2.69 bits per heavy atom. The van der Waals surface area contributed by atoms with Gasteiger partial charge in [0.1, 0.15) is 0 Å². The Balaban J connectivity index is 1.74. The van der Waals surface area contributed by atoms with Gasteiger partial charge in [-0.1, -0.05) is 0 Å². The molecule has 1 aromatic rings. The second-order valence-corrected chi connectivity index (χ2v) is 4.57. The van der Waals surface area contributed by atoms with E-state index in [9.17, 15) is 0 Å². The van der Waals surface area contributed by atoms with Crippen molar-refractivity contribution >= 4 is 11.3 Å². The summed E-state index contributed by atoms with van der Waals surface area (Å²) in [4.78, 5) is 7.74. The summed E-state index contributed by atoms with van der Waals surface area (Å²) in [6, 6.07) is 0.673. The van der Waals surface area contributed by atoms with Crippen LogP contribution in [-0.2, 0) is 6.54 Å². The predicted molar refractivity (Wildman–Crippen MR) is 54.9 cm³/mol. The molecule has 0 aromatic carbocycles. The van der Waals surface area contributed by atoms with Gasteiger partial charge in [0.25, 0.3) is 0 Å². The van der Waals surface area contributed by atoms with Crippen LogP contribution in [0.25, 0.3) is 0 Å². The zero-order chi connectivity index (χ0) is 9.10. The first-order chi connectivity index (χ1) is 6.34. The Morgan fingerprint density at radius 1 is 1.77 bits per heavy atom. The van der Waals surface area contributed by atoms with Crippen LogP contribution in [0.2, 0.25) is 0 Å². The summed E-state index contributed by atoms with van der Waals surface area (Å²) in [5.41, 5.74) is 1.89. The Bertz CT molecular complexity index is 247. The first-order valence-electron chi connectivity index (χ1n) is 4.64. The van der Waals surface area contributed by atoms with Gasteiger partial charge in [-0.2, -0.15) is 0 Å². The fraction of sp³-hybridized carbons (Fsp3) is 0.667. The second kappa shape index (κ2) is 4.17. The van der Waals surface area contributed by atoms with Gasteiger partial charge in [-0.15, -0.1) is 11.3 Å². The van der Waals surface area contributed by atoms with E-state index in [2.05, 4.69) is 22.2 Å². The number of nitrogens with one attached hydrogen (secondary N) is 1. The number of likely N-dealkylation sites (N-methyl/N-ethyl adjacent to an activating group) is 1. The third-order valence-electron chi connectivity index (χ3n) is 2.44. The molecule has 1 aliphatic rings. The van der Waals surface area contributed by atoms with Gasteiger partial charge in [0.05, 0.1) is 5.51 Å². The van der Waals surface area contributed by atoms with Crippen molar-refractivity contribution in [2.24, 2.45) is 0 Å². The minimum Gasteiger partial charge on any atom is -0.308 e. The Morgan fingerprint density at radius 3 is 3.31 bits per heavy atom. The van der Waals surface area contributed by atoms with Crippen molar-refractivity contribution in [3.63, 3.8) is 0 Å². The number of nitrogens with zero attached hydrogens (tertiary/aromatic N) is 2. The third-order valence-corrected chi connectivity index (χ3v) is 3.22. The van der Waals surface area contributed by atoms with Gasteiger partial charge < -0.3 is 10.2 Å². The van der Waals surface area contributed by atoms with E-state index in [1.54, 1.807) is 11.3 Å². The first kappa shape index (κ1) is 9.12. The average Bonchev–Trinajstić information content (AvgIpc) is 2.71. The second-order valence-electron chi connectivity index (χ2n) is 3.60. The number of hydrogen-bond donors (Lipinski definition) is 1. The topological polar surface area (TPSA) is 28.2 Å². The maximum absolute atomic E-state index is 4.05. The molecule has 1 aliphatic heterocycles. The highest BCUT2D eigenvalue weighted by atomic mass is 32.1. The molecular formula is C9H15N3S.